The average molecular weight is 262 g/mol. The lowest BCUT2D eigenvalue weighted by molar-refractivity contribution is -0.144. The van der Waals surface area contributed by atoms with E-state index < -0.39 is 5.41 Å². The predicted octanol–water partition coefficient (Wildman–Crippen LogP) is 2.42. The molecule has 0 unspecified atom stereocenters. The van der Waals surface area contributed by atoms with Crippen molar-refractivity contribution in [2.45, 2.75) is 38.2 Å². The summed E-state index contributed by atoms with van der Waals surface area (Å²) >= 11 is 0. The predicted molar refractivity (Wildman–Crippen MR) is 65.9 cm³/mol. The van der Waals surface area contributed by atoms with Crippen molar-refractivity contribution in [1.82, 2.24) is 0 Å². The van der Waals surface area contributed by atoms with Gasteiger partial charge in [-0.15, -0.1) is 0 Å². The number of carbonyl (C=O) groups excluding carboxylic acids is 2. The highest BCUT2D eigenvalue weighted by atomic mass is 19.1. The first-order chi connectivity index (χ1) is 9.10. The van der Waals surface area contributed by atoms with E-state index >= 15 is 0 Å². The van der Waals surface area contributed by atoms with E-state index in [0.29, 0.717) is 12.8 Å². The van der Waals surface area contributed by atoms with Crippen LogP contribution in [0.3, 0.4) is 0 Å². The third-order valence-corrected chi connectivity index (χ3v) is 4.21. The van der Waals surface area contributed by atoms with Crippen LogP contribution in [0.1, 0.15) is 31.2 Å². The van der Waals surface area contributed by atoms with Gasteiger partial charge in [0.25, 0.3) is 0 Å². The normalized spacial score (nSPS) is 30.1. The number of hydrogen-bond donors (Lipinski definition) is 0. The van der Waals surface area contributed by atoms with Gasteiger partial charge in [-0.1, -0.05) is 12.1 Å². The zero-order chi connectivity index (χ0) is 13.5. The van der Waals surface area contributed by atoms with Crippen LogP contribution in [-0.4, -0.2) is 17.9 Å². The third kappa shape index (κ3) is 2.05. The number of carbonyl (C=O) groups is 2. The maximum Gasteiger partial charge on any atom is 0.307 e. The van der Waals surface area contributed by atoms with Gasteiger partial charge in [0.1, 0.15) is 17.7 Å². The summed E-state index contributed by atoms with van der Waals surface area (Å²) in [5, 5.41) is 0. The molecule has 3 rings (SSSR count). The number of esters is 1. The molecule has 100 valence electrons. The fourth-order valence-corrected chi connectivity index (χ4v) is 3.24. The number of fused-ring (bicyclic) bond motifs is 1. The Bertz CT molecular complexity index is 523. The summed E-state index contributed by atoms with van der Waals surface area (Å²) in [6, 6.07) is 6.11. The van der Waals surface area contributed by atoms with E-state index in [2.05, 4.69) is 0 Å². The molecule has 1 aromatic rings. The van der Waals surface area contributed by atoms with Gasteiger partial charge < -0.3 is 4.74 Å². The van der Waals surface area contributed by atoms with E-state index in [1.54, 1.807) is 12.1 Å². The van der Waals surface area contributed by atoms with Crippen molar-refractivity contribution in [2.24, 2.45) is 5.41 Å². The molecule has 19 heavy (non-hydrogen) atoms. The maximum atomic E-state index is 12.9. The molecule has 1 heterocycles. The number of rotatable bonds is 2. The third-order valence-electron chi connectivity index (χ3n) is 4.21. The summed E-state index contributed by atoms with van der Waals surface area (Å²) < 4.78 is 18.2. The van der Waals surface area contributed by atoms with Crippen molar-refractivity contribution < 1.29 is 18.7 Å². The van der Waals surface area contributed by atoms with Crippen LogP contribution in [0.2, 0.25) is 0 Å². The molecular formula is C15H15FO3. The first kappa shape index (κ1) is 12.3. The molecule has 1 saturated heterocycles. The minimum Gasteiger partial charge on any atom is -0.461 e. The Morgan fingerprint density at radius 3 is 2.74 bits per heavy atom. The number of Topliss-reactive ketones (excluding diaryl/α,β-unsaturated/α-hetero) is 1. The van der Waals surface area contributed by atoms with Crippen LogP contribution < -0.4 is 0 Å². The number of ketones is 1. The summed E-state index contributed by atoms with van der Waals surface area (Å²) in [7, 11) is 0. The monoisotopic (exact) mass is 262 g/mol. The lowest BCUT2D eigenvalue weighted by atomic mass is 9.67. The number of ether oxygens (including phenoxy) is 1. The standard InChI is InChI=1S/C15H15FO3/c16-11-6-4-10(5-7-11)8-15-9-14(18)19-13(15)3-1-2-12(15)17/h4-7,13H,1-3,8-9H2/t13-,15-/m0/s1. The van der Waals surface area contributed by atoms with E-state index in [9.17, 15) is 14.0 Å². The first-order valence-corrected chi connectivity index (χ1v) is 6.57. The van der Waals surface area contributed by atoms with Gasteiger partial charge in [0, 0.05) is 6.42 Å². The Kier molecular flexibility index (Phi) is 2.88. The molecule has 0 N–H and O–H groups in total. The Balaban J connectivity index is 1.92. The van der Waals surface area contributed by atoms with Crippen molar-refractivity contribution in [1.29, 1.82) is 0 Å². The zero-order valence-electron chi connectivity index (χ0n) is 10.5. The smallest absolute Gasteiger partial charge is 0.307 e. The summed E-state index contributed by atoms with van der Waals surface area (Å²) in [4.78, 5) is 23.9. The van der Waals surface area contributed by atoms with Crippen molar-refractivity contribution in [2.75, 3.05) is 0 Å². The van der Waals surface area contributed by atoms with Gasteiger partial charge >= 0.3 is 5.97 Å². The van der Waals surface area contributed by atoms with Crippen LogP contribution in [0.25, 0.3) is 0 Å². The van der Waals surface area contributed by atoms with Gasteiger partial charge in [-0.25, -0.2) is 4.39 Å². The molecule has 2 atom stereocenters. The van der Waals surface area contributed by atoms with Gasteiger partial charge in [0.15, 0.2) is 0 Å². The van der Waals surface area contributed by atoms with E-state index in [1.807, 2.05) is 0 Å². The second kappa shape index (κ2) is 4.44. The second-order valence-electron chi connectivity index (χ2n) is 5.43. The molecular weight excluding hydrogens is 247 g/mol. The quantitative estimate of drug-likeness (QED) is 0.769. The highest BCUT2D eigenvalue weighted by molar-refractivity contribution is 5.93. The Hall–Kier alpha value is -1.71. The van der Waals surface area contributed by atoms with Gasteiger partial charge in [0.2, 0.25) is 0 Å². The number of hydrogen-bond acceptors (Lipinski definition) is 3. The Morgan fingerprint density at radius 2 is 2.00 bits per heavy atom. The topological polar surface area (TPSA) is 43.4 Å². The van der Waals surface area contributed by atoms with Gasteiger partial charge in [-0.2, -0.15) is 0 Å². The van der Waals surface area contributed by atoms with Crippen LogP contribution in [0, 0.1) is 11.2 Å². The molecule has 0 amide bonds. The fraction of sp³-hybridized carbons (Fsp3) is 0.467. The summed E-state index contributed by atoms with van der Waals surface area (Å²) in [6.07, 6.45) is 2.36. The minimum atomic E-state index is -0.715. The van der Waals surface area contributed by atoms with Crippen molar-refractivity contribution >= 4 is 11.8 Å². The van der Waals surface area contributed by atoms with Crippen LogP contribution in [0.15, 0.2) is 24.3 Å². The molecule has 1 aliphatic heterocycles. The molecule has 1 aliphatic carbocycles. The van der Waals surface area contributed by atoms with Crippen LogP contribution in [0.4, 0.5) is 4.39 Å². The van der Waals surface area contributed by atoms with E-state index in [4.69, 9.17) is 4.74 Å². The molecule has 2 aliphatic rings. The molecule has 1 aromatic carbocycles. The summed E-state index contributed by atoms with van der Waals surface area (Å²) in [5.41, 5.74) is 0.160. The van der Waals surface area contributed by atoms with Crippen molar-refractivity contribution in [3.05, 3.63) is 35.6 Å². The van der Waals surface area contributed by atoms with E-state index in [0.717, 1.165) is 18.4 Å². The fourth-order valence-electron chi connectivity index (χ4n) is 3.24. The Labute approximate surface area is 110 Å². The van der Waals surface area contributed by atoms with Gasteiger partial charge in [-0.05, 0) is 37.0 Å². The lowest BCUT2D eigenvalue weighted by Gasteiger charge is -2.35. The molecule has 1 saturated carbocycles. The summed E-state index contributed by atoms with van der Waals surface area (Å²) in [5.74, 6) is -0.479. The highest BCUT2D eigenvalue weighted by Gasteiger charge is 2.55. The van der Waals surface area contributed by atoms with Crippen LogP contribution in [0.5, 0.6) is 0 Å². The molecule has 2 fully saturated rings. The molecule has 4 heteroatoms. The average Bonchev–Trinajstić information content (AvgIpc) is 2.70. The molecule has 0 bridgehead atoms. The van der Waals surface area contributed by atoms with Crippen LogP contribution >= 0.6 is 0 Å². The number of benzene rings is 1. The Morgan fingerprint density at radius 1 is 1.26 bits per heavy atom. The molecule has 0 radical (unpaired) electrons. The van der Waals surface area contributed by atoms with Crippen LogP contribution in [-0.2, 0) is 20.7 Å². The second-order valence-corrected chi connectivity index (χ2v) is 5.43. The highest BCUT2D eigenvalue weighted by Crippen LogP contribution is 2.46. The van der Waals surface area contributed by atoms with E-state index in [1.165, 1.54) is 12.1 Å². The van der Waals surface area contributed by atoms with Gasteiger partial charge in [-0.3, -0.25) is 9.59 Å². The largest absolute Gasteiger partial charge is 0.461 e. The molecule has 3 nitrogen and oxygen atoms in total. The molecule has 0 aromatic heterocycles. The number of halogens is 1. The first-order valence-electron chi connectivity index (χ1n) is 6.57. The molecule has 0 spiro atoms. The summed E-state index contributed by atoms with van der Waals surface area (Å²) in [6.45, 7) is 0. The zero-order valence-corrected chi connectivity index (χ0v) is 10.5. The van der Waals surface area contributed by atoms with E-state index in [-0.39, 0.29) is 30.1 Å². The SMILES string of the molecule is O=C1C[C@@]2(Cc3ccc(F)cc3)C(=O)CCC[C@@H]2O1. The van der Waals surface area contributed by atoms with Crippen molar-refractivity contribution in [3.8, 4) is 0 Å². The minimum absolute atomic E-state index is 0.110. The van der Waals surface area contributed by atoms with Gasteiger partial charge in [0.05, 0.1) is 11.8 Å². The lowest BCUT2D eigenvalue weighted by Crippen LogP contribution is -2.44. The van der Waals surface area contributed by atoms with Crippen molar-refractivity contribution in [3.63, 3.8) is 0 Å². The maximum absolute atomic E-state index is 12.9.